The number of rotatable bonds is 9. The van der Waals surface area contributed by atoms with Gasteiger partial charge >= 0.3 is 5.97 Å². The molecule has 0 N–H and O–H groups in total. The lowest BCUT2D eigenvalue weighted by Gasteiger charge is -2.29. The van der Waals surface area contributed by atoms with Crippen LogP contribution < -0.4 is 9.47 Å². The third-order valence-electron chi connectivity index (χ3n) is 6.65. The van der Waals surface area contributed by atoms with Crippen molar-refractivity contribution < 1.29 is 19.0 Å². The van der Waals surface area contributed by atoms with Crippen LogP contribution in [-0.2, 0) is 11.3 Å². The van der Waals surface area contributed by atoms with Gasteiger partial charge in [0.05, 0.1) is 25.9 Å². The van der Waals surface area contributed by atoms with Crippen LogP contribution in [0.5, 0.6) is 11.6 Å². The molecule has 4 aromatic rings. The van der Waals surface area contributed by atoms with Crippen molar-refractivity contribution >= 4 is 5.97 Å². The number of hydrogen-bond donors (Lipinski definition) is 0. The fourth-order valence-electron chi connectivity index (χ4n) is 4.67. The molecule has 10 heteroatoms. The van der Waals surface area contributed by atoms with E-state index in [2.05, 4.69) is 44.7 Å². The van der Waals surface area contributed by atoms with Gasteiger partial charge in [-0.2, -0.15) is 5.10 Å². The lowest BCUT2D eigenvalue weighted by atomic mass is 9.82. The van der Waals surface area contributed by atoms with Gasteiger partial charge in [-0.05, 0) is 73.9 Å². The van der Waals surface area contributed by atoms with Crippen molar-refractivity contribution in [3.63, 3.8) is 0 Å². The molecule has 0 aliphatic heterocycles. The van der Waals surface area contributed by atoms with Gasteiger partial charge in [-0.3, -0.25) is 0 Å². The van der Waals surface area contributed by atoms with Gasteiger partial charge in [-0.25, -0.2) is 19.1 Å². The molecule has 1 saturated carbocycles. The van der Waals surface area contributed by atoms with E-state index in [1.165, 1.54) is 11.9 Å². The number of nitrogens with zero attached hydrogens (tertiary/aromatic N) is 6. The molecule has 2 aromatic heterocycles. The molecule has 0 unspecified atom stereocenters. The maximum Gasteiger partial charge on any atom is 0.364 e. The van der Waals surface area contributed by atoms with Crippen LogP contribution in [0.3, 0.4) is 0 Å². The monoisotopic (exact) mass is 502 g/mol. The van der Waals surface area contributed by atoms with Crippen LogP contribution in [0, 0.1) is 0 Å². The van der Waals surface area contributed by atoms with Gasteiger partial charge in [-0.15, -0.1) is 5.10 Å². The first kappa shape index (κ1) is 24.5. The second kappa shape index (κ2) is 11.2. The van der Waals surface area contributed by atoms with E-state index in [1.807, 2.05) is 24.3 Å². The van der Waals surface area contributed by atoms with Crippen molar-refractivity contribution in [2.75, 3.05) is 13.7 Å². The highest BCUT2D eigenvalue weighted by molar-refractivity contribution is 5.89. The fourth-order valence-corrected chi connectivity index (χ4v) is 4.67. The number of hydrogen-bond acceptors (Lipinski definition) is 8. The first-order chi connectivity index (χ1) is 18.1. The van der Waals surface area contributed by atoms with Gasteiger partial charge in [0.25, 0.3) is 0 Å². The van der Waals surface area contributed by atoms with Gasteiger partial charge in [0, 0.05) is 0 Å². The Morgan fingerprint density at radius 1 is 1.03 bits per heavy atom. The number of methoxy groups -OCH3 is 1. The maximum atomic E-state index is 12.6. The van der Waals surface area contributed by atoms with Crippen LogP contribution in [0.25, 0.3) is 5.69 Å². The number of esters is 1. The quantitative estimate of drug-likeness (QED) is 0.314. The summed E-state index contributed by atoms with van der Waals surface area (Å²) < 4.78 is 20.2. The third kappa shape index (κ3) is 5.63. The Kier molecular flexibility index (Phi) is 7.43. The molecule has 2 heterocycles. The molecule has 0 amide bonds. The van der Waals surface area contributed by atoms with Gasteiger partial charge in [0.2, 0.25) is 11.6 Å². The lowest BCUT2D eigenvalue weighted by molar-refractivity contribution is 0.0507. The SMILES string of the molecule is CCOC(=O)c1nnn(Cc2ccc(OC)cc2)c1O[C@H]1CC[C@H](c2ccc(-n3cncn3)cc2)CC1. The molecular weight excluding hydrogens is 472 g/mol. The molecular formula is C27H30N6O4. The molecule has 0 spiro atoms. The van der Waals surface area contributed by atoms with E-state index in [9.17, 15) is 4.79 Å². The second-order valence-corrected chi connectivity index (χ2v) is 8.99. The molecule has 1 aliphatic carbocycles. The highest BCUT2D eigenvalue weighted by Crippen LogP contribution is 2.35. The Morgan fingerprint density at radius 2 is 1.78 bits per heavy atom. The molecule has 0 saturated heterocycles. The summed E-state index contributed by atoms with van der Waals surface area (Å²) in [7, 11) is 1.63. The summed E-state index contributed by atoms with van der Waals surface area (Å²) in [5.74, 6) is 1.06. The van der Waals surface area contributed by atoms with E-state index in [-0.39, 0.29) is 18.4 Å². The zero-order chi connectivity index (χ0) is 25.6. The van der Waals surface area contributed by atoms with Crippen molar-refractivity contribution in [2.24, 2.45) is 0 Å². The van der Waals surface area contributed by atoms with Crippen LogP contribution in [0.4, 0.5) is 0 Å². The van der Waals surface area contributed by atoms with E-state index in [1.54, 1.807) is 29.7 Å². The lowest BCUT2D eigenvalue weighted by Crippen LogP contribution is -2.25. The van der Waals surface area contributed by atoms with Crippen molar-refractivity contribution in [1.29, 1.82) is 0 Å². The molecule has 0 radical (unpaired) electrons. The third-order valence-corrected chi connectivity index (χ3v) is 6.65. The number of ether oxygens (including phenoxy) is 3. The Morgan fingerprint density at radius 3 is 2.43 bits per heavy atom. The predicted molar refractivity (Wildman–Crippen MR) is 135 cm³/mol. The highest BCUT2D eigenvalue weighted by atomic mass is 16.5. The van der Waals surface area contributed by atoms with Crippen molar-refractivity contribution in [3.8, 4) is 17.3 Å². The summed E-state index contributed by atoms with van der Waals surface area (Å²) in [5, 5.41) is 12.5. The molecule has 2 aromatic carbocycles. The Hall–Kier alpha value is -4.21. The number of carbonyl (C=O) groups is 1. The summed E-state index contributed by atoms with van der Waals surface area (Å²) in [6.07, 6.45) is 6.89. The number of aromatic nitrogens is 6. The van der Waals surface area contributed by atoms with E-state index in [0.29, 0.717) is 18.3 Å². The van der Waals surface area contributed by atoms with Crippen molar-refractivity contribution in [1.82, 2.24) is 29.8 Å². The van der Waals surface area contributed by atoms with E-state index < -0.39 is 5.97 Å². The molecule has 192 valence electrons. The van der Waals surface area contributed by atoms with E-state index >= 15 is 0 Å². The van der Waals surface area contributed by atoms with Crippen LogP contribution >= 0.6 is 0 Å². The average molecular weight is 503 g/mol. The summed E-state index contributed by atoms with van der Waals surface area (Å²) in [4.78, 5) is 16.6. The first-order valence-corrected chi connectivity index (χ1v) is 12.5. The summed E-state index contributed by atoms with van der Waals surface area (Å²) in [6.45, 7) is 2.43. The second-order valence-electron chi connectivity index (χ2n) is 8.99. The van der Waals surface area contributed by atoms with E-state index in [0.717, 1.165) is 42.7 Å². The predicted octanol–water partition coefficient (Wildman–Crippen LogP) is 4.20. The zero-order valence-electron chi connectivity index (χ0n) is 21.0. The van der Waals surface area contributed by atoms with Crippen molar-refractivity contribution in [2.45, 2.75) is 51.2 Å². The van der Waals surface area contributed by atoms with Crippen LogP contribution in [0.2, 0.25) is 0 Å². The highest BCUT2D eigenvalue weighted by Gasteiger charge is 2.29. The Bertz CT molecular complexity index is 1290. The smallest absolute Gasteiger partial charge is 0.364 e. The minimum Gasteiger partial charge on any atom is -0.497 e. The zero-order valence-corrected chi connectivity index (χ0v) is 21.0. The average Bonchev–Trinajstić information content (AvgIpc) is 3.61. The van der Waals surface area contributed by atoms with Gasteiger partial charge < -0.3 is 14.2 Å². The maximum absolute atomic E-state index is 12.6. The van der Waals surface area contributed by atoms with Crippen molar-refractivity contribution in [3.05, 3.63) is 78.0 Å². The molecule has 10 nitrogen and oxygen atoms in total. The number of carbonyl (C=O) groups excluding carboxylic acids is 1. The Labute approximate surface area is 215 Å². The molecule has 0 atom stereocenters. The molecule has 5 rings (SSSR count). The topological polar surface area (TPSA) is 106 Å². The molecule has 1 fully saturated rings. The fraction of sp³-hybridized carbons (Fsp3) is 0.370. The van der Waals surface area contributed by atoms with Gasteiger partial charge in [-0.1, -0.05) is 29.5 Å². The number of benzene rings is 2. The van der Waals surface area contributed by atoms with Gasteiger partial charge in [0.1, 0.15) is 24.5 Å². The van der Waals surface area contributed by atoms with Crippen LogP contribution in [0.15, 0.2) is 61.2 Å². The molecule has 1 aliphatic rings. The summed E-state index contributed by atoms with van der Waals surface area (Å²) in [5.41, 5.74) is 3.40. The van der Waals surface area contributed by atoms with Crippen LogP contribution in [-0.4, -0.2) is 55.5 Å². The summed E-state index contributed by atoms with van der Waals surface area (Å²) >= 11 is 0. The van der Waals surface area contributed by atoms with Crippen LogP contribution in [0.1, 0.15) is 60.1 Å². The Balaban J connectivity index is 1.26. The van der Waals surface area contributed by atoms with E-state index in [4.69, 9.17) is 14.2 Å². The normalized spacial score (nSPS) is 17.4. The minimum atomic E-state index is -0.528. The standard InChI is InChI=1S/C27H30N6O4/c1-3-36-27(34)25-26(32(31-30-25)16-19-4-12-23(35-2)13-5-19)37-24-14-8-21(9-15-24)20-6-10-22(11-7-20)33-18-28-17-29-33/h4-7,10-13,17-18,21,24H,3,8-9,14-16H2,1-2H3/t21-,24-. The largest absolute Gasteiger partial charge is 0.497 e. The minimum absolute atomic E-state index is 0.0352. The first-order valence-electron chi connectivity index (χ1n) is 12.5. The molecule has 37 heavy (non-hydrogen) atoms. The van der Waals surface area contributed by atoms with Gasteiger partial charge in [0.15, 0.2) is 0 Å². The molecule has 0 bridgehead atoms. The summed E-state index contributed by atoms with van der Waals surface area (Å²) in [6, 6.07) is 16.1.